The van der Waals surface area contributed by atoms with Crippen molar-refractivity contribution < 1.29 is 12.8 Å². The lowest BCUT2D eigenvalue weighted by Crippen LogP contribution is -2.10. The molecule has 0 bridgehead atoms. The molecule has 0 aliphatic heterocycles. The number of hydrogen-bond acceptors (Lipinski definition) is 6. The van der Waals surface area contributed by atoms with Gasteiger partial charge in [-0.15, -0.1) is 0 Å². The van der Waals surface area contributed by atoms with Gasteiger partial charge in [0.25, 0.3) is 0 Å². The van der Waals surface area contributed by atoms with Gasteiger partial charge in [-0.25, -0.2) is 27.8 Å². The SMILES string of the molecule is Cc1cc(Nc2ncnc3ccc(-c4cnc(Cl)c(NS(C)(=O)=O)c4)cc23)ccc1F. The van der Waals surface area contributed by atoms with Crippen molar-refractivity contribution in [2.75, 3.05) is 16.3 Å². The summed E-state index contributed by atoms with van der Waals surface area (Å²) in [6.07, 6.45) is 4.04. The molecule has 2 N–H and O–H groups in total. The summed E-state index contributed by atoms with van der Waals surface area (Å²) in [5.74, 6) is 0.267. The fraction of sp³-hybridized carbons (Fsp3) is 0.0952. The van der Waals surface area contributed by atoms with Crippen molar-refractivity contribution in [2.24, 2.45) is 0 Å². The Bertz CT molecular complexity index is 1410. The van der Waals surface area contributed by atoms with Crippen LogP contribution in [-0.2, 0) is 10.0 Å². The van der Waals surface area contributed by atoms with Crippen LogP contribution in [0.5, 0.6) is 0 Å². The molecule has 0 aliphatic carbocycles. The molecule has 31 heavy (non-hydrogen) atoms. The van der Waals surface area contributed by atoms with Crippen LogP contribution in [-0.4, -0.2) is 29.6 Å². The van der Waals surface area contributed by atoms with E-state index in [1.165, 1.54) is 12.4 Å². The van der Waals surface area contributed by atoms with Crippen LogP contribution in [0.3, 0.4) is 0 Å². The maximum Gasteiger partial charge on any atom is 0.229 e. The Labute approximate surface area is 183 Å². The van der Waals surface area contributed by atoms with Crippen LogP contribution < -0.4 is 10.0 Å². The summed E-state index contributed by atoms with van der Waals surface area (Å²) in [5.41, 5.74) is 3.52. The van der Waals surface area contributed by atoms with Crippen LogP contribution >= 0.6 is 11.6 Å². The standard InChI is InChI=1S/C21H17ClFN5O2S/c1-12-7-15(4-5-17(12)23)27-21-16-8-13(3-6-18(16)25-11-26-21)14-9-19(20(22)24-10-14)28-31(2,29)30/h3-11,28H,1-2H3,(H,25,26,27). The van der Waals surface area contributed by atoms with Crippen LogP contribution in [0, 0.1) is 12.7 Å². The Hall–Kier alpha value is -3.30. The summed E-state index contributed by atoms with van der Waals surface area (Å²) in [6, 6.07) is 11.9. The predicted molar refractivity (Wildman–Crippen MR) is 121 cm³/mol. The van der Waals surface area contributed by atoms with Crippen molar-refractivity contribution in [2.45, 2.75) is 6.92 Å². The molecule has 0 radical (unpaired) electrons. The molecule has 4 rings (SSSR count). The van der Waals surface area contributed by atoms with Crippen molar-refractivity contribution in [3.05, 3.63) is 71.5 Å². The third-order valence-corrected chi connectivity index (χ3v) is 5.42. The molecule has 2 aromatic carbocycles. The van der Waals surface area contributed by atoms with Gasteiger partial charge in [0, 0.05) is 22.8 Å². The van der Waals surface area contributed by atoms with Crippen LogP contribution in [0.15, 0.2) is 55.0 Å². The van der Waals surface area contributed by atoms with Gasteiger partial charge in [0.2, 0.25) is 10.0 Å². The number of aromatic nitrogens is 3. The largest absolute Gasteiger partial charge is 0.340 e. The van der Waals surface area contributed by atoms with E-state index in [0.717, 1.165) is 17.2 Å². The van der Waals surface area contributed by atoms with Crippen molar-refractivity contribution in [1.82, 2.24) is 15.0 Å². The van der Waals surface area contributed by atoms with E-state index in [2.05, 4.69) is 25.0 Å². The van der Waals surface area contributed by atoms with Gasteiger partial charge < -0.3 is 5.32 Å². The molecule has 158 valence electrons. The van der Waals surface area contributed by atoms with E-state index >= 15 is 0 Å². The Morgan fingerprint density at radius 1 is 1.00 bits per heavy atom. The number of halogens is 2. The molecule has 0 saturated heterocycles. The normalized spacial score (nSPS) is 11.5. The molecule has 0 amide bonds. The van der Waals surface area contributed by atoms with Gasteiger partial charge in [-0.3, -0.25) is 4.72 Å². The van der Waals surface area contributed by atoms with Crippen molar-refractivity contribution >= 4 is 49.7 Å². The molecule has 4 aromatic rings. The lowest BCUT2D eigenvalue weighted by molar-refractivity contribution is 0.606. The predicted octanol–water partition coefficient (Wildman–Crippen LogP) is 4.91. The lowest BCUT2D eigenvalue weighted by atomic mass is 10.0. The number of benzene rings is 2. The first-order valence-electron chi connectivity index (χ1n) is 9.11. The zero-order valence-electron chi connectivity index (χ0n) is 16.5. The van der Waals surface area contributed by atoms with E-state index in [0.29, 0.717) is 28.1 Å². The summed E-state index contributed by atoms with van der Waals surface area (Å²) in [7, 11) is -3.51. The van der Waals surface area contributed by atoms with Gasteiger partial charge in [-0.05, 0) is 54.4 Å². The van der Waals surface area contributed by atoms with Crippen LogP contribution in [0.2, 0.25) is 5.15 Å². The van der Waals surface area contributed by atoms with E-state index in [1.807, 2.05) is 18.2 Å². The number of hydrogen-bond donors (Lipinski definition) is 2. The number of sulfonamides is 1. The topological polar surface area (TPSA) is 96.9 Å². The first-order valence-corrected chi connectivity index (χ1v) is 11.4. The molecule has 7 nitrogen and oxygen atoms in total. The highest BCUT2D eigenvalue weighted by molar-refractivity contribution is 7.92. The number of nitrogens with one attached hydrogen (secondary N) is 2. The minimum atomic E-state index is -3.51. The third-order valence-electron chi connectivity index (χ3n) is 4.52. The number of nitrogens with zero attached hydrogens (tertiary/aromatic N) is 3. The van der Waals surface area contributed by atoms with Gasteiger partial charge in [0.1, 0.15) is 18.0 Å². The second-order valence-electron chi connectivity index (χ2n) is 6.98. The van der Waals surface area contributed by atoms with Crippen LogP contribution in [0.4, 0.5) is 21.6 Å². The molecule has 0 atom stereocenters. The van der Waals surface area contributed by atoms with Gasteiger partial charge in [-0.2, -0.15) is 0 Å². The molecule has 0 aliphatic rings. The Morgan fingerprint density at radius 3 is 2.55 bits per heavy atom. The fourth-order valence-corrected chi connectivity index (χ4v) is 3.83. The third kappa shape index (κ3) is 4.73. The maximum absolute atomic E-state index is 13.6. The second kappa shape index (κ2) is 8.09. The van der Waals surface area contributed by atoms with Gasteiger partial charge in [-0.1, -0.05) is 17.7 Å². The van der Waals surface area contributed by atoms with Crippen molar-refractivity contribution in [3.8, 4) is 11.1 Å². The highest BCUT2D eigenvalue weighted by atomic mass is 35.5. The molecule has 2 aromatic heterocycles. The van der Waals surface area contributed by atoms with E-state index in [-0.39, 0.29) is 16.7 Å². The summed E-state index contributed by atoms with van der Waals surface area (Å²) < 4.78 is 39.1. The number of anilines is 3. The molecule has 10 heteroatoms. The molecule has 0 unspecified atom stereocenters. The number of aryl methyl sites for hydroxylation is 1. The highest BCUT2D eigenvalue weighted by Crippen LogP contribution is 2.31. The summed E-state index contributed by atoms with van der Waals surface area (Å²) in [5, 5.41) is 3.98. The zero-order valence-corrected chi connectivity index (χ0v) is 18.1. The molecule has 2 heterocycles. The number of fused-ring (bicyclic) bond motifs is 1. The Morgan fingerprint density at radius 2 is 1.81 bits per heavy atom. The van der Waals surface area contributed by atoms with Crippen molar-refractivity contribution in [1.29, 1.82) is 0 Å². The van der Waals surface area contributed by atoms with Crippen molar-refractivity contribution in [3.63, 3.8) is 0 Å². The number of rotatable bonds is 5. The average molecular weight is 458 g/mol. The molecular weight excluding hydrogens is 441 g/mol. The minimum Gasteiger partial charge on any atom is -0.340 e. The summed E-state index contributed by atoms with van der Waals surface area (Å²) in [4.78, 5) is 12.7. The lowest BCUT2D eigenvalue weighted by Gasteiger charge is -2.12. The van der Waals surface area contributed by atoms with Gasteiger partial charge in [0.05, 0.1) is 17.5 Å². The van der Waals surface area contributed by atoms with Crippen LogP contribution in [0.1, 0.15) is 5.56 Å². The Kier molecular flexibility index (Phi) is 5.47. The Balaban J connectivity index is 1.76. The smallest absolute Gasteiger partial charge is 0.229 e. The molecule has 0 saturated carbocycles. The first-order chi connectivity index (χ1) is 14.7. The monoisotopic (exact) mass is 457 g/mol. The zero-order chi connectivity index (χ0) is 22.2. The highest BCUT2D eigenvalue weighted by Gasteiger charge is 2.12. The van der Waals surface area contributed by atoms with Gasteiger partial charge in [0.15, 0.2) is 5.15 Å². The second-order valence-corrected chi connectivity index (χ2v) is 9.09. The minimum absolute atomic E-state index is 0.0485. The first kappa shape index (κ1) is 21.0. The maximum atomic E-state index is 13.6. The fourth-order valence-electron chi connectivity index (χ4n) is 3.07. The van der Waals surface area contributed by atoms with E-state index < -0.39 is 10.0 Å². The number of pyridine rings is 1. The molecule has 0 spiro atoms. The average Bonchev–Trinajstić information content (AvgIpc) is 2.71. The quantitative estimate of drug-likeness (QED) is 0.413. The molecule has 0 fully saturated rings. The van der Waals surface area contributed by atoms with Crippen LogP contribution in [0.25, 0.3) is 22.0 Å². The van der Waals surface area contributed by atoms with Gasteiger partial charge >= 0.3 is 0 Å². The summed E-state index contributed by atoms with van der Waals surface area (Å²) in [6.45, 7) is 1.69. The summed E-state index contributed by atoms with van der Waals surface area (Å²) >= 11 is 6.03. The van der Waals surface area contributed by atoms with E-state index in [1.54, 1.807) is 31.3 Å². The van der Waals surface area contributed by atoms with E-state index in [9.17, 15) is 12.8 Å². The van der Waals surface area contributed by atoms with E-state index in [4.69, 9.17) is 11.6 Å². The molecular formula is C21H17ClFN5O2S.